The van der Waals surface area contributed by atoms with Crippen LogP contribution in [0.4, 0.5) is 13.2 Å². The van der Waals surface area contributed by atoms with E-state index in [2.05, 4.69) is 20.2 Å². The molecule has 6 nitrogen and oxygen atoms in total. The van der Waals surface area contributed by atoms with Gasteiger partial charge in [0.15, 0.2) is 11.3 Å². The van der Waals surface area contributed by atoms with Crippen molar-refractivity contribution in [1.29, 1.82) is 0 Å². The maximum absolute atomic E-state index is 13.8. The SMILES string of the molecule is CC(C)(C)c1cc2nc(CC(C)(C)c3cn4nc(Cl)ccc4n3)cc(C(F)(F)F)n2n1. The minimum absolute atomic E-state index is 0.175. The van der Waals surface area contributed by atoms with Crippen LogP contribution in [0, 0.1) is 0 Å². The van der Waals surface area contributed by atoms with Crippen LogP contribution in [0.3, 0.4) is 0 Å². The largest absolute Gasteiger partial charge is 0.433 e. The van der Waals surface area contributed by atoms with Gasteiger partial charge in [-0.1, -0.05) is 46.2 Å². The molecule has 4 aromatic heterocycles. The van der Waals surface area contributed by atoms with Gasteiger partial charge in [-0.3, -0.25) is 0 Å². The molecule has 10 heteroatoms. The molecule has 0 unspecified atom stereocenters. The Kier molecular flexibility index (Phi) is 4.81. The highest BCUT2D eigenvalue weighted by Gasteiger charge is 2.36. The molecule has 0 aromatic carbocycles. The summed E-state index contributed by atoms with van der Waals surface area (Å²) in [5.41, 5.74) is 0.482. The van der Waals surface area contributed by atoms with E-state index in [0.29, 0.717) is 27.9 Å². The lowest BCUT2D eigenvalue weighted by Gasteiger charge is -2.22. The first-order chi connectivity index (χ1) is 14.2. The van der Waals surface area contributed by atoms with Crippen molar-refractivity contribution in [3.05, 3.63) is 58.4 Å². The minimum atomic E-state index is -4.56. The second kappa shape index (κ2) is 6.91. The van der Waals surface area contributed by atoms with Crippen LogP contribution in [0.15, 0.2) is 30.5 Å². The van der Waals surface area contributed by atoms with Gasteiger partial charge < -0.3 is 0 Å². The summed E-state index contributed by atoms with van der Waals surface area (Å²) in [7, 11) is 0. The summed E-state index contributed by atoms with van der Waals surface area (Å²) in [6.07, 6.45) is -2.58. The highest BCUT2D eigenvalue weighted by atomic mass is 35.5. The third-order valence-corrected chi connectivity index (χ3v) is 5.34. The molecule has 4 rings (SSSR count). The first-order valence-corrected chi connectivity index (χ1v) is 10.1. The normalized spacial score (nSPS) is 13.5. The fourth-order valence-corrected chi connectivity index (χ4v) is 3.56. The lowest BCUT2D eigenvalue weighted by molar-refractivity contribution is -0.142. The number of rotatable bonds is 3. The number of fused-ring (bicyclic) bond motifs is 2. The average molecular weight is 451 g/mol. The third kappa shape index (κ3) is 4.11. The van der Waals surface area contributed by atoms with Crippen LogP contribution in [0.1, 0.15) is 57.4 Å². The van der Waals surface area contributed by atoms with Crippen LogP contribution >= 0.6 is 11.6 Å². The van der Waals surface area contributed by atoms with E-state index in [1.165, 1.54) is 0 Å². The van der Waals surface area contributed by atoms with Gasteiger partial charge in [-0.15, -0.1) is 0 Å². The fraction of sp³-hybridized carbons (Fsp3) is 0.429. The van der Waals surface area contributed by atoms with Gasteiger partial charge in [0.1, 0.15) is 10.8 Å². The smallest absolute Gasteiger partial charge is 0.234 e. The van der Waals surface area contributed by atoms with Crippen molar-refractivity contribution >= 4 is 22.9 Å². The maximum Gasteiger partial charge on any atom is 0.433 e. The van der Waals surface area contributed by atoms with Gasteiger partial charge in [-0.2, -0.15) is 23.4 Å². The molecule has 0 fully saturated rings. The van der Waals surface area contributed by atoms with Gasteiger partial charge in [-0.05, 0) is 18.2 Å². The standard InChI is InChI=1S/C21H22ClF3N6/c1-19(2,3)13-9-18-26-12(8-15(21(23,24)25)31(18)28-13)10-20(4,5)14-11-30-17(27-14)7-6-16(22)29-30/h6-9,11H,10H2,1-5H3. The van der Waals surface area contributed by atoms with Crippen molar-refractivity contribution in [2.45, 2.75) is 58.0 Å². The van der Waals surface area contributed by atoms with Crippen molar-refractivity contribution in [3.8, 4) is 0 Å². The van der Waals surface area contributed by atoms with E-state index in [1.54, 1.807) is 28.9 Å². The van der Waals surface area contributed by atoms with Crippen LogP contribution in [-0.2, 0) is 23.4 Å². The summed E-state index contributed by atoms with van der Waals surface area (Å²) in [6.45, 7) is 9.51. The molecule has 4 heterocycles. The minimum Gasteiger partial charge on any atom is -0.234 e. The van der Waals surface area contributed by atoms with Crippen LogP contribution in [0.25, 0.3) is 11.3 Å². The van der Waals surface area contributed by atoms with Crippen LogP contribution in [-0.4, -0.2) is 29.2 Å². The Labute approximate surface area is 182 Å². The van der Waals surface area contributed by atoms with Crippen molar-refractivity contribution < 1.29 is 13.2 Å². The zero-order chi connectivity index (χ0) is 22.8. The molecule has 0 saturated carbocycles. The second-order valence-electron chi connectivity index (χ2n) is 9.33. The molecule has 0 N–H and O–H groups in total. The lowest BCUT2D eigenvalue weighted by atomic mass is 9.84. The molecule has 0 aliphatic heterocycles. The monoisotopic (exact) mass is 450 g/mol. The molecule has 0 aliphatic carbocycles. The van der Waals surface area contributed by atoms with E-state index in [1.807, 2.05) is 34.6 Å². The van der Waals surface area contributed by atoms with E-state index >= 15 is 0 Å². The van der Waals surface area contributed by atoms with Gasteiger partial charge in [-0.25, -0.2) is 19.0 Å². The quantitative estimate of drug-likeness (QED) is 0.427. The predicted molar refractivity (Wildman–Crippen MR) is 111 cm³/mol. The molecular weight excluding hydrogens is 429 g/mol. The maximum atomic E-state index is 13.8. The highest BCUT2D eigenvalue weighted by molar-refractivity contribution is 6.29. The first kappa shape index (κ1) is 21.5. The molecule has 4 aromatic rings. The predicted octanol–water partition coefficient (Wildman–Crippen LogP) is 5.26. The van der Waals surface area contributed by atoms with Crippen molar-refractivity contribution in [1.82, 2.24) is 29.2 Å². The van der Waals surface area contributed by atoms with Crippen LogP contribution in [0.5, 0.6) is 0 Å². The molecule has 0 radical (unpaired) electrons. The Morgan fingerprint density at radius 2 is 1.61 bits per heavy atom. The molecular formula is C21H22ClF3N6. The molecule has 31 heavy (non-hydrogen) atoms. The fourth-order valence-electron chi connectivity index (χ4n) is 3.41. The van der Waals surface area contributed by atoms with Crippen molar-refractivity contribution in [3.63, 3.8) is 0 Å². The van der Waals surface area contributed by atoms with Gasteiger partial charge in [0.25, 0.3) is 0 Å². The van der Waals surface area contributed by atoms with Gasteiger partial charge in [0, 0.05) is 29.0 Å². The van der Waals surface area contributed by atoms with Crippen LogP contribution < -0.4 is 0 Å². The topological polar surface area (TPSA) is 60.4 Å². The Hall–Kier alpha value is -2.68. The van der Waals surface area contributed by atoms with E-state index in [-0.39, 0.29) is 12.1 Å². The number of alkyl halides is 3. The van der Waals surface area contributed by atoms with Crippen molar-refractivity contribution in [2.24, 2.45) is 0 Å². The third-order valence-electron chi connectivity index (χ3n) is 5.14. The Bertz CT molecular complexity index is 1280. The van der Waals surface area contributed by atoms with Crippen molar-refractivity contribution in [2.75, 3.05) is 0 Å². The zero-order valence-electron chi connectivity index (χ0n) is 17.8. The number of nitrogens with zero attached hydrogens (tertiary/aromatic N) is 6. The average Bonchev–Trinajstić information content (AvgIpc) is 3.23. The Balaban J connectivity index is 1.79. The van der Waals surface area contributed by atoms with E-state index < -0.39 is 22.7 Å². The number of hydrogen-bond acceptors (Lipinski definition) is 4. The summed E-state index contributed by atoms with van der Waals surface area (Å²) in [4.78, 5) is 9.06. The summed E-state index contributed by atoms with van der Waals surface area (Å²) < 4.78 is 43.9. The lowest BCUT2D eigenvalue weighted by Crippen LogP contribution is -2.23. The number of imidazole rings is 1. The molecule has 0 saturated heterocycles. The van der Waals surface area contributed by atoms with Crippen LogP contribution in [0.2, 0.25) is 5.15 Å². The van der Waals surface area contributed by atoms with E-state index in [0.717, 1.165) is 10.6 Å². The molecule has 0 aliphatic rings. The van der Waals surface area contributed by atoms with Gasteiger partial charge >= 0.3 is 6.18 Å². The highest BCUT2D eigenvalue weighted by Crippen LogP contribution is 2.33. The second-order valence-corrected chi connectivity index (χ2v) is 9.71. The molecule has 0 atom stereocenters. The molecule has 0 amide bonds. The van der Waals surface area contributed by atoms with Gasteiger partial charge in [0.05, 0.1) is 17.6 Å². The summed E-state index contributed by atoms with van der Waals surface area (Å²) in [5.74, 6) is 0. The summed E-state index contributed by atoms with van der Waals surface area (Å²) in [5, 5.41) is 8.68. The number of halogens is 4. The first-order valence-electron chi connectivity index (χ1n) is 9.74. The molecule has 0 spiro atoms. The number of aromatic nitrogens is 6. The Morgan fingerprint density at radius 1 is 0.903 bits per heavy atom. The molecule has 0 bridgehead atoms. The van der Waals surface area contributed by atoms with Gasteiger partial charge in [0.2, 0.25) is 0 Å². The molecule has 164 valence electrons. The summed E-state index contributed by atoms with van der Waals surface area (Å²) >= 11 is 5.94. The van der Waals surface area contributed by atoms with E-state index in [9.17, 15) is 13.2 Å². The summed E-state index contributed by atoms with van der Waals surface area (Å²) in [6, 6.07) is 6.06. The number of hydrogen-bond donors (Lipinski definition) is 0. The Morgan fingerprint density at radius 3 is 2.26 bits per heavy atom. The van der Waals surface area contributed by atoms with E-state index in [4.69, 9.17) is 11.6 Å². The zero-order valence-corrected chi connectivity index (χ0v) is 18.5.